The Bertz CT molecular complexity index is 787. The lowest BCUT2D eigenvalue weighted by molar-refractivity contribution is -0.247. The molecule has 4 aliphatic rings. The molecular weight excluding hydrogens is 436 g/mol. The Labute approximate surface area is 215 Å². The van der Waals surface area contributed by atoms with Gasteiger partial charge in [0.05, 0.1) is 23.4 Å². The van der Waals surface area contributed by atoms with Gasteiger partial charge in [-0.15, -0.1) is 0 Å². The van der Waals surface area contributed by atoms with Gasteiger partial charge in [0.1, 0.15) is 0 Å². The molecule has 4 fully saturated rings. The van der Waals surface area contributed by atoms with Gasteiger partial charge in [-0.3, -0.25) is 0 Å². The number of aliphatic hydroxyl groups excluding tert-OH is 2. The Morgan fingerprint density at radius 3 is 2.06 bits per heavy atom. The highest BCUT2D eigenvalue weighted by atomic mass is 16.5. The lowest BCUT2D eigenvalue weighted by atomic mass is 9.35. The summed E-state index contributed by atoms with van der Waals surface area (Å²) >= 11 is 0. The number of methoxy groups -OCH3 is 1. The molecule has 10 atom stereocenters. The average Bonchev–Trinajstić information content (AvgIpc) is 3.12. The molecule has 0 aromatic rings. The second-order valence-corrected chi connectivity index (χ2v) is 15.5. The zero-order valence-corrected chi connectivity index (χ0v) is 24.3. The molecule has 0 aromatic carbocycles. The van der Waals surface area contributed by atoms with Crippen molar-refractivity contribution in [2.75, 3.05) is 7.11 Å². The van der Waals surface area contributed by atoms with E-state index in [2.05, 4.69) is 41.5 Å². The van der Waals surface area contributed by atoms with Crippen LogP contribution in [0.2, 0.25) is 0 Å². The summed E-state index contributed by atoms with van der Waals surface area (Å²) in [5, 5.41) is 33.1. The molecule has 0 aromatic heterocycles. The van der Waals surface area contributed by atoms with Crippen molar-refractivity contribution in [1.29, 1.82) is 0 Å². The molecule has 0 spiro atoms. The number of rotatable bonds is 6. The molecule has 4 rings (SSSR count). The van der Waals surface area contributed by atoms with Crippen molar-refractivity contribution < 1.29 is 20.1 Å². The molecule has 0 amide bonds. The van der Waals surface area contributed by atoms with Gasteiger partial charge in [0.15, 0.2) is 0 Å². The van der Waals surface area contributed by atoms with Gasteiger partial charge in [-0.2, -0.15) is 0 Å². The molecule has 204 valence electrons. The summed E-state index contributed by atoms with van der Waals surface area (Å²) in [6, 6.07) is 0. The minimum atomic E-state index is -0.653. The highest BCUT2D eigenvalue weighted by molar-refractivity contribution is 5.20. The fourth-order valence-electron chi connectivity index (χ4n) is 10.7. The summed E-state index contributed by atoms with van der Waals surface area (Å²) in [6.45, 7) is 18.2. The van der Waals surface area contributed by atoms with E-state index in [9.17, 15) is 15.3 Å². The molecule has 4 heteroatoms. The fourth-order valence-corrected chi connectivity index (χ4v) is 10.7. The number of hydrogen-bond acceptors (Lipinski definition) is 4. The third-order valence-corrected chi connectivity index (χ3v) is 13.1. The zero-order valence-electron chi connectivity index (χ0n) is 24.3. The first-order chi connectivity index (χ1) is 16.0. The minimum absolute atomic E-state index is 0.0651. The molecule has 4 saturated carbocycles. The highest BCUT2D eigenvalue weighted by Gasteiger charge is 2.71. The molecule has 0 heterocycles. The van der Waals surface area contributed by atoms with E-state index in [4.69, 9.17) is 4.74 Å². The van der Waals surface area contributed by atoms with Crippen molar-refractivity contribution in [3.8, 4) is 0 Å². The van der Waals surface area contributed by atoms with Crippen LogP contribution in [-0.2, 0) is 4.74 Å². The van der Waals surface area contributed by atoms with Crippen LogP contribution in [-0.4, -0.2) is 45.8 Å². The minimum Gasteiger partial charge on any atom is -0.393 e. The van der Waals surface area contributed by atoms with E-state index in [1.165, 1.54) is 12.8 Å². The summed E-state index contributed by atoms with van der Waals surface area (Å²) in [4.78, 5) is 0. The third kappa shape index (κ3) is 4.07. The largest absolute Gasteiger partial charge is 0.393 e. The van der Waals surface area contributed by atoms with Crippen LogP contribution in [0, 0.1) is 45.3 Å². The number of hydrogen-bond donors (Lipinski definition) is 3. The number of ether oxygens (including phenoxy) is 1. The molecule has 3 N–H and O–H groups in total. The smallest absolute Gasteiger partial charge is 0.0682 e. The van der Waals surface area contributed by atoms with Gasteiger partial charge in [0.2, 0.25) is 0 Å². The van der Waals surface area contributed by atoms with E-state index < -0.39 is 5.60 Å². The Hall–Kier alpha value is -0.160. The van der Waals surface area contributed by atoms with Crippen LogP contribution in [0.5, 0.6) is 0 Å². The Balaban J connectivity index is 1.65. The summed E-state index contributed by atoms with van der Waals surface area (Å²) in [7, 11) is 1.85. The van der Waals surface area contributed by atoms with Gasteiger partial charge in [-0.1, -0.05) is 34.6 Å². The second-order valence-electron chi connectivity index (χ2n) is 15.5. The van der Waals surface area contributed by atoms with Crippen molar-refractivity contribution in [1.82, 2.24) is 0 Å². The van der Waals surface area contributed by atoms with Crippen LogP contribution >= 0.6 is 0 Å². The monoisotopic (exact) mass is 492 g/mol. The van der Waals surface area contributed by atoms with Crippen LogP contribution in [0.25, 0.3) is 0 Å². The van der Waals surface area contributed by atoms with E-state index in [-0.39, 0.29) is 45.4 Å². The molecule has 4 aliphatic carbocycles. The average molecular weight is 493 g/mol. The molecule has 0 saturated heterocycles. The van der Waals surface area contributed by atoms with Crippen LogP contribution in [0.4, 0.5) is 0 Å². The van der Waals surface area contributed by atoms with Gasteiger partial charge in [0.25, 0.3) is 0 Å². The van der Waals surface area contributed by atoms with E-state index in [0.29, 0.717) is 17.8 Å². The first kappa shape index (κ1) is 27.9. The zero-order chi connectivity index (χ0) is 26.2. The van der Waals surface area contributed by atoms with Gasteiger partial charge >= 0.3 is 0 Å². The number of aliphatic hydroxyl groups is 3. The molecular formula is C31H56O4. The second kappa shape index (κ2) is 8.68. The lowest BCUT2D eigenvalue weighted by Crippen LogP contribution is -2.66. The van der Waals surface area contributed by atoms with Crippen molar-refractivity contribution >= 4 is 0 Å². The van der Waals surface area contributed by atoms with Crippen molar-refractivity contribution in [3.63, 3.8) is 0 Å². The summed E-state index contributed by atoms with van der Waals surface area (Å²) in [6.07, 6.45) is 9.59. The molecule has 0 bridgehead atoms. The van der Waals surface area contributed by atoms with Gasteiger partial charge in [-0.05, 0) is 130 Å². The van der Waals surface area contributed by atoms with Gasteiger partial charge in [-0.25, -0.2) is 0 Å². The summed E-state index contributed by atoms with van der Waals surface area (Å²) in [5.41, 5.74) is -0.555. The third-order valence-electron chi connectivity index (χ3n) is 13.1. The van der Waals surface area contributed by atoms with Crippen molar-refractivity contribution in [2.24, 2.45) is 45.3 Å². The normalized spacial score (nSPS) is 49.0. The van der Waals surface area contributed by atoms with E-state index >= 15 is 0 Å². The first-order valence-corrected chi connectivity index (χ1v) is 14.6. The van der Waals surface area contributed by atoms with Crippen LogP contribution < -0.4 is 0 Å². The van der Waals surface area contributed by atoms with Crippen LogP contribution in [0.1, 0.15) is 120 Å². The Morgan fingerprint density at radius 1 is 0.829 bits per heavy atom. The van der Waals surface area contributed by atoms with Crippen molar-refractivity contribution in [2.45, 2.75) is 143 Å². The highest BCUT2D eigenvalue weighted by Crippen LogP contribution is 2.75. The number of fused-ring (bicyclic) bond motifs is 5. The topological polar surface area (TPSA) is 69.9 Å². The summed E-state index contributed by atoms with van der Waals surface area (Å²) < 4.78 is 6.27. The van der Waals surface area contributed by atoms with E-state index in [0.717, 1.165) is 51.4 Å². The van der Waals surface area contributed by atoms with Crippen LogP contribution in [0.15, 0.2) is 0 Å². The van der Waals surface area contributed by atoms with E-state index in [1.807, 2.05) is 21.0 Å². The Morgan fingerprint density at radius 2 is 1.46 bits per heavy atom. The first-order valence-electron chi connectivity index (χ1n) is 14.6. The standard InChI is InChI=1S/C31H56O4/c1-26(2,34)14-10-15-31(8,35-9)20-11-17-30(7)25(20)21(32)19-23-28(5)16-13-24(33)27(3,4)22(28)12-18-29(23,30)6/h20-25,32-34H,10-19H2,1-9H3/t20?,21-,22?,23?,24+,25?,28+,29-,30-,31+/m1/s1. The van der Waals surface area contributed by atoms with Crippen LogP contribution in [0.3, 0.4) is 0 Å². The van der Waals surface area contributed by atoms with Crippen molar-refractivity contribution in [3.05, 3.63) is 0 Å². The molecule has 4 unspecified atom stereocenters. The maximum absolute atomic E-state index is 11.9. The Kier molecular flexibility index (Phi) is 6.91. The quantitative estimate of drug-likeness (QED) is 0.404. The van der Waals surface area contributed by atoms with E-state index in [1.54, 1.807) is 0 Å². The van der Waals surface area contributed by atoms with Gasteiger partial charge in [0, 0.05) is 7.11 Å². The SMILES string of the molecule is CO[C@@](C)(CCCC(C)(C)O)C1CC[C@]2(C)C1[C@H](O)CC1[C@@]3(C)CC[C@H](O)C(C)(C)C3CC[C@]12C. The predicted octanol–water partition coefficient (Wildman–Crippen LogP) is 6.35. The predicted molar refractivity (Wildman–Crippen MR) is 142 cm³/mol. The van der Waals surface area contributed by atoms with Gasteiger partial charge < -0.3 is 20.1 Å². The molecule has 4 nitrogen and oxygen atoms in total. The fraction of sp³-hybridized carbons (Fsp3) is 1.00. The summed E-state index contributed by atoms with van der Waals surface area (Å²) in [5.74, 6) is 1.58. The molecule has 0 aliphatic heterocycles. The molecule has 0 radical (unpaired) electrons. The molecule has 35 heavy (non-hydrogen) atoms. The maximum Gasteiger partial charge on any atom is 0.0682 e. The lowest BCUT2D eigenvalue weighted by Gasteiger charge is -2.70. The maximum atomic E-state index is 11.9.